The molecule has 1 aromatic rings. The fourth-order valence-corrected chi connectivity index (χ4v) is 3.16. The van der Waals surface area contributed by atoms with Gasteiger partial charge in [-0.05, 0) is 33.6 Å². The number of nitrogens with zero attached hydrogens (tertiary/aromatic N) is 4. The Hall–Kier alpha value is -0.940. The van der Waals surface area contributed by atoms with Crippen molar-refractivity contribution in [2.45, 2.75) is 78.0 Å². The normalized spacial score (nSPS) is 27.4. The standard InChI is InChI=1S/C16H31N5/c1-6-8-14-9-20(16(5,7-2)11-17-14)10-15-18-12-19-21(15)13(3)4/h12-14,17H,6-11H2,1-5H3. The van der Waals surface area contributed by atoms with Gasteiger partial charge in [-0.25, -0.2) is 9.67 Å². The van der Waals surface area contributed by atoms with Crippen LogP contribution in [0, 0.1) is 0 Å². The lowest BCUT2D eigenvalue weighted by Gasteiger charge is -2.47. The van der Waals surface area contributed by atoms with E-state index in [-0.39, 0.29) is 5.54 Å². The van der Waals surface area contributed by atoms with Crippen LogP contribution >= 0.6 is 0 Å². The minimum absolute atomic E-state index is 0.206. The Morgan fingerprint density at radius 2 is 2.19 bits per heavy atom. The third-order valence-electron chi connectivity index (χ3n) is 4.84. The first-order chi connectivity index (χ1) is 10.00. The lowest BCUT2D eigenvalue weighted by Crippen LogP contribution is -2.62. The van der Waals surface area contributed by atoms with Crippen LogP contribution in [0.25, 0.3) is 0 Å². The summed E-state index contributed by atoms with van der Waals surface area (Å²) < 4.78 is 2.05. The maximum atomic E-state index is 4.49. The molecule has 1 aliphatic rings. The molecule has 0 aromatic carbocycles. The largest absolute Gasteiger partial charge is 0.311 e. The summed E-state index contributed by atoms with van der Waals surface area (Å²) in [6, 6.07) is 0.967. The average molecular weight is 293 g/mol. The predicted octanol–water partition coefficient (Wildman–Crippen LogP) is 2.60. The monoisotopic (exact) mass is 293 g/mol. The van der Waals surface area contributed by atoms with E-state index >= 15 is 0 Å². The molecule has 0 saturated carbocycles. The third-order valence-corrected chi connectivity index (χ3v) is 4.84. The summed E-state index contributed by atoms with van der Waals surface area (Å²) in [5, 5.41) is 8.10. The zero-order valence-electron chi connectivity index (χ0n) is 14.3. The van der Waals surface area contributed by atoms with Gasteiger partial charge in [0.25, 0.3) is 0 Å². The molecule has 0 radical (unpaired) electrons. The van der Waals surface area contributed by atoms with Crippen LogP contribution in [0.3, 0.4) is 0 Å². The quantitative estimate of drug-likeness (QED) is 0.876. The van der Waals surface area contributed by atoms with Crippen LogP contribution in [0.1, 0.15) is 65.7 Å². The first kappa shape index (κ1) is 16.4. The summed E-state index contributed by atoms with van der Waals surface area (Å²) in [7, 11) is 0. The van der Waals surface area contributed by atoms with Gasteiger partial charge in [-0.1, -0.05) is 20.3 Å². The zero-order valence-corrected chi connectivity index (χ0v) is 14.3. The molecule has 2 rings (SSSR count). The molecule has 2 heterocycles. The van der Waals surface area contributed by atoms with Crippen LogP contribution in [-0.2, 0) is 6.54 Å². The van der Waals surface area contributed by atoms with Crippen LogP contribution < -0.4 is 5.32 Å². The molecule has 21 heavy (non-hydrogen) atoms. The Morgan fingerprint density at radius 1 is 1.43 bits per heavy atom. The molecular formula is C16H31N5. The molecule has 5 nitrogen and oxygen atoms in total. The fourth-order valence-electron chi connectivity index (χ4n) is 3.16. The van der Waals surface area contributed by atoms with Gasteiger partial charge in [0.05, 0.1) is 6.54 Å². The molecule has 120 valence electrons. The highest BCUT2D eigenvalue weighted by molar-refractivity contribution is 4.98. The van der Waals surface area contributed by atoms with Crippen LogP contribution in [0.15, 0.2) is 6.33 Å². The van der Waals surface area contributed by atoms with Crippen LogP contribution in [0.4, 0.5) is 0 Å². The smallest absolute Gasteiger partial charge is 0.141 e. The van der Waals surface area contributed by atoms with Crippen molar-refractivity contribution in [2.24, 2.45) is 0 Å². The van der Waals surface area contributed by atoms with E-state index in [9.17, 15) is 0 Å². The molecule has 0 aliphatic carbocycles. The molecule has 5 heteroatoms. The van der Waals surface area contributed by atoms with Crippen molar-refractivity contribution in [1.29, 1.82) is 0 Å². The van der Waals surface area contributed by atoms with Gasteiger partial charge >= 0.3 is 0 Å². The number of hydrogen-bond acceptors (Lipinski definition) is 4. The van der Waals surface area contributed by atoms with E-state index in [0.717, 1.165) is 31.9 Å². The minimum atomic E-state index is 0.206. The van der Waals surface area contributed by atoms with Gasteiger partial charge in [-0.2, -0.15) is 5.10 Å². The van der Waals surface area contributed by atoms with Gasteiger partial charge in [-0.3, -0.25) is 4.90 Å². The highest BCUT2D eigenvalue weighted by Gasteiger charge is 2.36. The molecule has 0 bridgehead atoms. The van der Waals surface area contributed by atoms with E-state index in [2.05, 4.69) is 54.9 Å². The number of piperazine rings is 1. The number of nitrogens with one attached hydrogen (secondary N) is 1. The Labute approximate surface area is 129 Å². The first-order valence-corrected chi connectivity index (χ1v) is 8.37. The summed E-state index contributed by atoms with van der Waals surface area (Å²) in [6.45, 7) is 14.3. The van der Waals surface area contributed by atoms with Crippen molar-refractivity contribution in [3.05, 3.63) is 12.2 Å². The van der Waals surface area contributed by atoms with Crippen molar-refractivity contribution >= 4 is 0 Å². The Morgan fingerprint density at radius 3 is 2.81 bits per heavy atom. The van der Waals surface area contributed by atoms with Crippen molar-refractivity contribution in [3.8, 4) is 0 Å². The van der Waals surface area contributed by atoms with Crippen LogP contribution in [-0.4, -0.2) is 44.3 Å². The van der Waals surface area contributed by atoms with Gasteiger partial charge in [-0.15, -0.1) is 0 Å². The molecule has 1 aromatic heterocycles. The van der Waals surface area contributed by atoms with E-state index in [4.69, 9.17) is 0 Å². The molecule has 0 spiro atoms. The van der Waals surface area contributed by atoms with Gasteiger partial charge in [0.15, 0.2) is 0 Å². The molecule has 1 N–H and O–H groups in total. The van der Waals surface area contributed by atoms with Crippen molar-refractivity contribution in [1.82, 2.24) is 25.0 Å². The van der Waals surface area contributed by atoms with Gasteiger partial charge in [0.2, 0.25) is 0 Å². The Kier molecular flexibility index (Phi) is 5.38. The lowest BCUT2D eigenvalue weighted by molar-refractivity contribution is 0.0360. The molecular weight excluding hydrogens is 262 g/mol. The highest BCUT2D eigenvalue weighted by atomic mass is 15.4. The predicted molar refractivity (Wildman–Crippen MR) is 86.2 cm³/mol. The second-order valence-electron chi connectivity index (χ2n) is 6.81. The van der Waals surface area contributed by atoms with E-state index in [1.807, 2.05) is 4.68 Å². The Balaban J connectivity index is 2.14. The van der Waals surface area contributed by atoms with E-state index in [0.29, 0.717) is 12.1 Å². The van der Waals surface area contributed by atoms with E-state index in [1.165, 1.54) is 12.8 Å². The number of hydrogen-bond donors (Lipinski definition) is 1. The molecule has 2 atom stereocenters. The molecule has 1 aliphatic heterocycles. The summed E-state index contributed by atoms with van der Waals surface area (Å²) in [5.41, 5.74) is 0.206. The van der Waals surface area contributed by atoms with Gasteiger partial charge in [0.1, 0.15) is 12.2 Å². The average Bonchev–Trinajstić information content (AvgIpc) is 2.91. The zero-order chi connectivity index (χ0) is 15.5. The molecule has 1 fully saturated rings. The number of aromatic nitrogens is 3. The second kappa shape index (κ2) is 6.88. The first-order valence-electron chi connectivity index (χ1n) is 8.37. The van der Waals surface area contributed by atoms with E-state index < -0.39 is 0 Å². The Bertz CT molecular complexity index is 442. The van der Waals surface area contributed by atoms with Crippen LogP contribution in [0.2, 0.25) is 0 Å². The lowest BCUT2D eigenvalue weighted by atomic mass is 9.91. The molecule has 0 amide bonds. The van der Waals surface area contributed by atoms with Crippen molar-refractivity contribution < 1.29 is 0 Å². The second-order valence-corrected chi connectivity index (χ2v) is 6.81. The topological polar surface area (TPSA) is 46.0 Å². The molecule has 1 saturated heterocycles. The van der Waals surface area contributed by atoms with Crippen LogP contribution in [0.5, 0.6) is 0 Å². The maximum absolute atomic E-state index is 4.49. The van der Waals surface area contributed by atoms with Crippen molar-refractivity contribution in [3.63, 3.8) is 0 Å². The summed E-state index contributed by atoms with van der Waals surface area (Å²) >= 11 is 0. The third kappa shape index (κ3) is 3.64. The summed E-state index contributed by atoms with van der Waals surface area (Å²) in [4.78, 5) is 7.10. The fraction of sp³-hybridized carbons (Fsp3) is 0.875. The maximum Gasteiger partial charge on any atom is 0.141 e. The number of rotatable bonds is 6. The molecule has 2 unspecified atom stereocenters. The van der Waals surface area contributed by atoms with Gasteiger partial charge in [0, 0.05) is 30.7 Å². The highest BCUT2D eigenvalue weighted by Crippen LogP contribution is 2.26. The summed E-state index contributed by atoms with van der Waals surface area (Å²) in [6.07, 6.45) is 5.31. The minimum Gasteiger partial charge on any atom is -0.311 e. The SMILES string of the molecule is CCCC1CN(Cc2ncnn2C(C)C)C(C)(CC)CN1. The summed E-state index contributed by atoms with van der Waals surface area (Å²) in [5.74, 6) is 1.09. The van der Waals surface area contributed by atoms with Gasteiger partial charge < -0.3 is 5.32 Å². The van der Waals surface area contributed by atoms with Crippen molar-refractivity contribution in [2.75, 3.05) is 13.1 Å². The van der Waals surface area contributed by atoms with E-state index in [1.54, 1.807) is 6.33 Å².